The largest absolute Gasteiger partial charge is 0.481 e. The Kier molecular flexibility index (Phi) is 3.09. The molecule has 19 heavy (non-hydrogen) atoms. The van der Waals surface area contributed by atoms with Crippen LogP contribution in [-0.4, -0.2) is 36.7 Å². The molecular formula is C12H14N2O4S. The van der Waals surface area contributed by atoms with Gasteiger partial charge in [0.1, 0.15) is 11.2 Å². The van der Waals surface area contributed by atoms with Crippen molar-refractivity contribution < 1.29 is 18.3 Å². The molecular weight excluding hydrogens is 268 g/mol. The minimum atomic E-state index is -3.73. The summed E-state index contributed by atoms with van der Waals surface area (Å²) in [4.78, 5) is 15.2. The predicted octanol–water partition coefficient (Wildman–Crippen LogP) is 1.46. The Morgan fingerprint density at radius 1 is 1.37 bits per heavy atom. The van der Waals surface area contributed by atoms with Crippen LogP contribution in [0.2, 0.25) is 0 Å². The van der Waals surface area contributed by atoms with Crippen molar-refractivity contribution in [2.24, 2.45) is 10.4 Å². The average Bonchev–Trinajstić information content (AvgIpc) is 2.33. The van der Waals surface area contributed by atoms with Crippen molar-refractivity contribution in [3.63, 3.8) is 0 Å². The van der Waals surface area contributed by atoms with E-state index in [1.165, 1.54) is 26.3 Å². The summed E-state index contributed by atoms with van der Waals surface area (Å²) in [5.41, 5.74) is -0.822. The Bertz CT molecular complexity index is 649. The van der Waals surface area contributed by atoms with Crippen LogP contribution in [0.4, 0.5) is 5.69 Å². The smallest absolute Gasteiger partial charge is 0.310 e. The number of carboxylic acids is 1. The molecule has 102 valence electrons. The topological polar surface area (TPSA) is 87.0 Å². The third-order valence-corrected chi connectivity index (χ3v) is 4.65. The molecule has 1 aliphatic rings. The maximum absolute atomic E-state index is 12.3. The van der Waals surface area contributed by atoms with Gasteiger partial charge in [-0.1, -0.05) is 12.1 Å². The van der Waals surface area contributed by atoms with Crippen molar-refractivity contribution in [2.75, 3.05) is 6.54 Å². The Morgan fingerprint density at radius 3 is 2.63 bits per heavy atom. The van der Waals surface area contributed by atoms with Crippen LogP contribution in [0.25, 0.3) is 0 Å². The first-order valence-corrected chi connectivity index (χ1v) is 7.07. The number of carbonyl (C=O) groups is 1. The van der Waals surface area contributed by atoms with Crippen molar-refractivity contribution in [3.8, 4) is 0 Å². The fourth-order valence-electron chi connectivity index (χ4n) is 1.68. The molecule has 0 spiro atoms. The number of rotatable bonds is 3. The van der Waals surface area contributed by atoms with Crippen LogP contribution in [0.1, 0.15) is 13.8 Å². The number of sulfonamides is 1. The van der Waals surface area contributed by atoms with Crippen LogP contribution >= 0.6 is 0 Å². The fourth-order valence-corrected chi connectivity index (χ4v) is 3.23. The van der Waals surface area contributed by atoms with E-state index in [0.717, 1.165) is 4.31 Å². The molecule has 1 N–H and O–H groups in total. The van der Waals surface area contributed by atoms with E-state index in [1.54, 1.807) is 18.2 Å². The summed E-state index contributed by atoms with van der Waals surface area (Å²) in [6.45, 7) is 2.78. The second kappa shape index (κ2) is 4.34. The molecule has 1 aromatic carbocycles. The zero-order valence-corrected chi connectivity index (χ0v) is 11.4. The second-order valence-electron chi connectivity index (χ2n) is 4.95. The van der Waals surface area contributed by atoms with Crippen molar-refractivity contribution in [1.82, 2.24) is 4.31 Å². The third kappa shape index (κ3) is 2.33. The van der Waals surface area contributed by atoms with Gasteiger partial charge in [0.2, 0.25) is 0 Å². The highest BCUT2D eigenvalue weighted by Gasteiger charge is 2.36. The van der Waals surface area contributed by atoms with Gasteiger partial charge in [-0.25, -0.2) is 13.4 Å². The van der Waals surface area contributed by atoms with E-state index < -0.39 is 21.4 Å². The van der Waals surface area contributed by atoms with E-state index in [4.69, 9.17) is 5.11 Å². The summed E-state index contributed by atoms with van der Waals surface area (Å²) < 4.78 is 25.7. The molecule has 2 rings (SSSR count). The van der Waals surface area contributed by atoms with Gasteiger partial charge < -0.3 is 5.11 Å². The molecule has 0 radical (unpaired) electrons. The lowest BCUT2D eigenvalue weighted by atomic mass is 9.94. The number of aliphatic carboxylic acids is 1. The van der Waals surface area contributed by atoms with Gasteiger partial charge in [0.15, 0.2) is 0 Å². The van der Waals surface area contributed by atoms with Crippen molar-refractivity contribution in [3.05, 3.63) is 24.3 Å². The molecule has 7 heteroatoms. The Morgan fingerprint density at radius 2 is 2.00 bits per heavy atom. The number of para-hydroxylation sites is 1. The SMILES string of the molecule is CC(C)(CN1C=Nc2ccccc2S1(=O)=O)C(=O)O. The number of hydrogen-bond acceptors (Lipinski definition) is 4. The van der Waals surface area contributed by atoms with E-state index in [-0.39, 0.29) is 11.4 Å². The summed E-state index contributed by atoms with van der Waals surface area (Å²) in [5.74, 6) is -1.06. The van der Waals surface area contributed by atoms with E-state index in [9.17, 15) is 13.2 Å². The van der Waals surface area contributed by atoms with Gasteiger partial charge in [-0.15, -0.1) is 0 Å². The lowest BCUT2D eigenvalue weighted by Gasteiger charge is -2.29. The number of benzene rings is 1. The lowest BCUT2D eigenvalue weighted by molar-refractivity contribution is -0.146. The molecule has 6 nitrogen and oxygen atoms in total. The summed E-state index contributed by atoms with van der Waals surface area (Å²) >= 11 is 0. The van der Waals surface area contributed by atoms with Gasteiger partial charge in [0.05, 0.1) is 17.6 Å². The molecule has 0 aromatic heterocycles. The molecule has 0 fully saturated rings. The van der Waals surface area contributed by atoms with Gasteiger partial charge in [0.25, 0.3) is 10.0 Å². The van der Waals surface area contributed by atoms with Gasteiger partial charge in [-0.2, -0.15) is 0 Å². The Balaban J connectivity index is 2.41. The van der Waals surface area contributed by atoms with Crippen molar-refractivity contribution in [1.29, 1.82) is 0 Å². The number of aliphatic imine (C=N–C) groups is 1. The van der Waals surface area contributed by atoms with E-state index >= 15 is 0 Å². The number of hydrogen-bond donors (Lipinski definition) is 1. The minimum absolute atomic E-state index is 0.0960. The Labute approximate surface area is 111 Å². The van der Waals surface area contributed by atoms with Gasteiger partial charge >= 0.3 is 5.97 Å². The Hall–Kier alpha value is -1.89. The molecule has 0 amide bonds. The summed E-state index contributed by atoms with van der Waals surface area (Å²) in [6.07, 6.45) is 1.17. The molecule has 0 saturated heterocycles. The fraction of sp³-hybridized carbons (Fsp3) is 0.333. The van der Waals surface area contributed by atoms with Crippen LogP contribution in [0.3, 0.4) is 0 Å². The first-order chi connectivity index (χ1) is 8.75. The average molecular weight is 282 g/mol. The predicted molar refractivity (Wildman–Crippen MR) is 69.9 cm³/mol. The normalized spacial score (nSPS) is 17.1. The highest BCUT2D eigenvalue weighted by atomic mass is 32.2. The molecule has 0 bridgehead atoms. The van der Waals surface area contributed by atoms with Crippen molar-refractivity contribution in [2.45, 2.75) is 18.7 Å². The monoisotopic (exact) mass is 282 g/mol. The highest BCUT2D eigenvalue weighted by molar-refractivity contribution is 7.89. The molecule has 0 unspecified atom stereocenters. The maximum atomic E-state index is 12.3. The third-order valence-electron chi connectivity index (χ3n) is 2.91. The first-order valence-electron chi connectivity index (χ1n) is 5.63. The van der Waals surface area contributed by atoms with Gasteiger partial charge in [-0.3, -0.25) is 9.10 Å². The van der Waals surface area contributed by atoms with E-state index in [0.29, 0.717) is 5.69 Å². The zero-order chi connectivity index (χ0) is 14.3. The molecule has 0 atom stereocenters. The maximum Gasteiger partial charge on any atom is 0.310 e. The van der Waals surface area contributed by atoms with Crippen LogP contribution in [-0.2, 0) is 14.8 Å². The quantitative estimate of drug-likeness (QED) is 0.909. The number of carboxylic acid groups (broad SMARTS) is 1. The zero-order valence-electron chi connectivity index (χ0n) is 10.6. The summed E-state index contributed by atoms with van der Waals surface area (Å²) in [7, 11) is -3.73. The number of nitrogens with zero attached hydrogens (tertiary/aromatic N) is 2. The second-order valence-corrected chi connectivity index (χ2v) is 6.81. The lowest BCUT2D eigenvalue weighted by Crippen LogP contribution is -2.42. The molecule has 0 saturated carbocycles. The van der Waals surface area contributed by atoms with Gasteiger partial charge in [-0.05, 0) is 26.0 Å². The standard InChI is InChI=1S/C12H14N2O4S/c1-12(2,11(15)16)7-14-8-13-9-5-3-4-6-10(9)19(14,17)18/h3-6,8H,7H2,1-2H3,(H,15,16). The van der Waals surface area contributed by atoms with E-state index in [1.807, 2.05) is 0 Å². The summed E-state index contributed by atoms with van der Waals surface area (Å²) in [5, 5.41) is 9.07. The molecule has 1 heterocycles. The van der Waals surface area contributed by atoms with Crippen LogP contribution in [0, 0.1) is 5.41 Å². The molecule has 0 aliphatic carbocycles. The van der Waals surface area contributed by atoms with E-state index in [2.05, 4.69) is 4.99 Å². The number of fused-ring (bicyclic) bond motifs is 1. The van der Waals surface area contributed by atoms with Crippen molar-refractivity contribution >= 4 is 28.0 Å². The van der Waals surface area contributed by atoms with Crippen LogP contribution < -0.4 is 0 Å². The highest BCUT2D eigenvalue weighted by Crippen LogP contribution is 2.31. The van der Waals surface area contributed by atoms with Crippen LogP contribution in [0.5, 0.6) is 0 Å². The molecule has 1 aliphatic heterocycles. The molecule has 1 aromatic rings. The first kappa shape index (κ1) is 13.5. The minimum Gasteiger partial charge on any atom is -0.481 e. The summed E-state index contributed by atoms with van der Waals surface area (Å²) in [6, 6.07) is 6.37. The van der Waals surface area contributed by atoms with Gasteiger partial charge in [0, 0.05) is 0 Å². The van der Waals surface area contributed by atoms with Crippen LogP contribution in [0.15, 0.2) is 34.2 Å².